The third kappa shape index (κ3) is 7.41. The molecule has 5 heteroatoms. The number of hydrogen-bond donors (Lipinski definition) is 3. The number of urea groups is 1. The van der Waals surface area contributed by atoms with Gasteiger partial charge in [-0.05, 0) is 31.7 Å². The largest absolute Gasteiger partial charge is 0.370 e. The SMILES string of the molecule is C[C@@H](CCc1ccccc1)NC(=O)NCCCC(N)=O. The summed E-state index contributed by atoms with van der Waals surface area (Å²) < 4.78 is 0. The number of hydrogen-bond acceptors (Lipinski definition) is 2. The molecule has 1 rings (SSSR count). The fourth-order valence-corrected chi connectivity index (χ4v) is 1.84. The maximum Gasteiger partial charge on any atom is 0.314 e. The molecule has 0 heterocycles. The Hall–Kier alpha value is -2.04. The van der Waals surface area contributed by atoms with E-state index in [9.17, 15) is 9.59 Å². The van der Waals surface area contributed by atoms with E-state index < -0.39 is 0 Å². The predicted molar refractivity (Wildman–Crippen MR) is 79.2 cm³/mol. The molecule has 110 valence electrons. The summed E-state index contributed by atoms with van der Waals surface area (Å²) in [7, 11) is 0. The first kappa shape index (κ1) is 16.0. The van der Waals surface area contributed by atoms with Gasteiger partial charge in [-0.2, -0.15) is 0 Å². The van der Waals surface area contributed by atoms with Crippen LogP contribution in [0.3, 0.4) is 0 Å². The molecule has 1 aromatic rings. The van der Waals surface area contributed by atoms with Gasteiger partial charge in [0.15, 0.2) is 0 Å². The fourth-order valence-electron chi connectivity index (χ4n) is 1.84. The number of primary amides is 1. The molecular formula is C15H23N3O2. The van der Waals surface area contributed by atoms with Crippen LogP contribution in [0.2, 0.25) is 0 Å². The summed E-state index contributed by atoms with van der Waals surface area (Å²) in [6, 6.07) is 10.1. The Kier molecular flexibility index (Phi) is 7.17. The van der Waals surface area contributed by atoms with E-state index in [-0.39, 0.29) is 18.0 Å². The van der Waals surface area contributed by atoms with Gasteiger partial charge in [0, 0.05) is 19.0 Å². The van der Waals surface area contributed by atoms with E-state index in [1.165, 1.54) is 5.56 Å². The highest BCUT2D eigenvalue weighted by molar-refractivity contribution is 5.75. The smallest absolute Gasteiger partial charge is 0.314 e. The van der Waals surface area contributed by atoms with Gasteiger partial charge in [-0.15, -0.1) is 0 Å². The van der Waals surface area contributed by atoms with Crippen LogP contribution in [0.4, 0.5) is 4.79 Å². The Morgan fingerprint density at radius 2 is 1.95 bits per heavy atom. The van der Waals surface area contributed by atoms with E-state index in [1.54, 1.807) is 0 Å². The Morgan fingerprint density at radius 3 is 2.60 bits per heavy atom. The number of nitrogens with two attached hydrogens (primary N) is 1. The zero-order chi connectivity index (χ0) is 14.8. The van der Waals surface area contributed by atoms with Crippen LogP contribution in [-0.2, 0) is 11.2 Å². The average molecular weight is 277 g/mol. The second-order valence-corrected chi connectivity index (χ2v) is 4.90. The highest BCUT2D eigenvalue weighted by Crippen LogP contribution is 2.04. The highest BCUT2D eigenvalue weighted by Gasteiger charge is 2.06. The van der Waals surface area contributed by atoms with Crippen LogP contribution in [0, 0.1) is 0 Å². The van der Waals surface area contributed by atoms with Crippen LogP contribution < -0.4 is 16.4 Å². The lowest BCUT2D eigenvalue weighted by Crippen LogP contribution is -2.41. The molecule has 0 bridgehead atoms. The van der Waals surface area contributed by atoms with E-state index in [0.29, 0.717) is 19.4 Å². The van der Waals surface area contributed by atoms with Gasteiger partial charge in [0.25, 0.3) is 0 Å². The average Bonchev–Trinajstić information content (AvgIpc) is 2.42. The first-order valence-electron chi connectivity index (χ1n) is 6.94. The van der Waals surface area contributed by atoms with E-state index in [1.807, 2.05) is 25.1 Å². The molecule has 20 heavy (non-hydrogen) atoms. The van der Waals surface area contributed by atoms with Gasteiger partial charge in [-0.25, -0.2) is 4.79 Å². The summed E-state index contributed by atoms with van der Waals surface area (Å²) in [5.41, 5.74) is 6.28. The molecular weight excluding hydrogens is 254 g/mol. The summed E-state index contributed by atoms with van der Waals surface area (Å²) in [5, 5.41) is 5.58. The van der Waals surface area contributed by atoms with Crippen LogP contribution in [-0.4, -0.2) is 24.5 Å². The van der Waals surface area contributed by atoms with Crippen molar-refractivity contribution in [2.45, 2.75) is 38.6 Å². The molecule has 0 aromatic heterocycles. The monoisotopic (exact) mass is 277 g/mol. The van der Waals surface area contributed by atoms with Crippen molar-refractivity contribution in [2.24, 2.45) is 5.73 Å². The summed E-state index contributed by atoms with van der Waals surface area (Å²) >= 11 is 0. The zero-order valence-corrected chi connectivity index (χ0v) is 11.9. The van der Waals surface area contributed by atoms with Crippen molar-refractivity contribution >= 4 is 11.9 Å². The molecule has 0 saturated carbocycles. The number of benzene rings is 1. The lowest BCUT2D eigenvalue weighted by Gasteiger charge is -2.14. The third-order valence-corrected chi connectivity index (χ3v) is 2.97. The van der Waals surface area contributed by atoms with Crippen LogP contribution in [0.15, 0.2) is 30.3 Å². The molecule has 0 aliphatic heterocycles. The van der Waals surface area contributed by atoms with Crippen LogP contribution in [0.25, 0.3) is 0 Å². The maximum atomic E-state index is 11.6. The lowest BCUT2D eigenvalue weighted by molar-refractivity contribution is -0.118. The normalized spacial score (nSPS) is 11.7. The summed E-state index contributed by atoms with van der Waals surface area (Å²) in [6.07, 6.45) is 2.69. The van der Waals surface area contributed by atoms with Crippen molar-refractivity contribution in [1.29, 1.82) is 0 Å². The second kappa shape index (κ2) is 8.96. The predicted octanol–water partition coefficient (Wildman–Crippen LogP) is 1.57. The molecule has 3 amide bonds. The number of nitrogens with one attached hydrogen (secondary N) is 2. The van der Waals surface area contributed by atoms with Gasteiger partial charge in [-0.3, -0.25) is 4.79 Å². The molecule has 1 aromatic carbocycles. The molecule has 0 aliphatic carbocycles. The Balaban J connectivity index is 2.13. The number of carbonyl (C=O) groups excluding carboxylic acids is 2. The Bertz CT molecular complexity index is 420. The number of carbonyl (C=O) groups is 2. The van der Waals surface area contributed by atoms with Gasteiger partial charge < -0.3 is 16.4 Å². The molecule has 0 fully saturated rings. The van der Waals surface area contributed by atoms with Crippen molar-refractivity contribution < 1.29 is 9.59 Å². The molecule has 0 radical (unpaired) electrons. The van der Waals surface area contributed by atoms with Crippen molar-refractivity contribution in [1.82, 2.24) is 10.6 Å². The Labute approximate surface area is 119 Å². The fraction of sp³-hybridized carbons (Fsp3) is 0.467. The molecule has 1 atom stereocenters. The molecule has 5 nitrogen and oxygen atoms in total. The van der Waals surface area contributed by atoms with E-state index in [4.69, 9.17) is 5.73 Å². The highest BCUT2D eigenvalue weighted by atomic mass is 16.2. The van der Waals surface area contributed by atoms with Crippen LogP contribution >= 0.6 is 0 Å². The van der Waals surface area contributed by atoms with E-state index in [2.05, 4.69) is 22.8 Å². The van der Waals surface area contributed by atoms with E-state index in [0.717, 1.165) is 12.8 Å². The molecule has 4 N–H and O–H groups in total. The van der Waals surface area contributed by atoms with Crippen molar-refractivity contribution in [3.05, 3.63) is 35.9 Å². The first-order valence-corrected chi connectivity index (χ1v) is 6.94. The van der Waals surface area contributed by atoms with Gasteiger partial charge in [0.1, 0.15) is 0 Å². The number of aryl methyl sites for hydroxylation is 1. The van der Waals surface area contributed by atoms with Crippen molar-refractivity contribution in [3.8, 4) is 0 Å². The minimum atomic E-state index is -0.344. The van der Waals surface area contributed by atoms with Gasteiger partial charge >= 0.3 is 6.03 Å². The summed E-state index contributed by atoms with van der Waals surface area (Å²) in [4.78, 5) is 22.1. The summed E-state index contributed by atoms with van der Waals surface area (Å²) in [5.74, 6) is -0.344. The van der Waals surface area contributed by atoms with Crippen LogP contribution in [0.1, 0.15) is 31.7 Å². The minimum Gasteiger partial charge on any atom is -0.370 e. The molecule has 0 saturated heterocycles. The molecule has 0 unspecified atom stereocenters. The van der Waals surface area contributed by atoms with Crippen molar-refractivity contribution in [3.63, 3.8) is 0 Å². The third-order valence-electron chi connectivity index (χ3n) is 2.97. The van der Waals surface area contributed by atoms with Gasteiger partial charge in [-0.1, -0.05) is 30.3 Å². The topological polar surface area (TPSA) is 84.2 Å². The first-order chi connectivity index (χ1) is 9.58. The standard InChI is InChI=1S/C15H23N3O2/c1-12(9-10-13-6-3-2-4-7-13)18-15(20)17-11-5-8-14(16)19/h2-4,6-7,12H,5,8-11H2,1H3,(H2,16,19)(H2,17,18,20)/t12-/m0/s1. The number of rotatable bonds is 8. The molecule has 0 spiro atoms. The zero-order valence-electron chi connectivity index (χ0n) is 11.9. The summed E-state index contributed by atoms with van der Waals surface area (Å²) in [6.45, 7) is 2.44. The lowest BCUT2D eigenvalue weighted by atomic mass is 10.1. The quantitative estimate of drug-likeness (QED) is 0.630. The Morgan fingerprint density at radius 1 is 1.25 bits per heavy atom. The van der Waals surface area contributed by atoms with Crippen molar-refractivity contribution in [2.75, 3.05) is 6.54 Å². The molecule has 0 aliphatic rings. The maximum absolute atomic E-state index is 11.6. The number of amides is 3. The van der Waals surface area contributed by atoms with Gasteiger partial charge in [0.2, 0.25) is 5.91 Å². The second-order valence-electron chi connectivity index (χ2n) is 4.90. The van der Waals surface area contributed by atoms with Gasteiger partial charge in [0.05, 0.1) is 0 Å². The van der Waals surface area contributed by atoms with E-state index >= 15 is 0 Å². The van der Waals surface area contributed by atoms with Crippen LogP contribution in [0.5, 0.6) is 0 Å². The minimum absolute atomic E-state index is 0.103.